The van der Waals surface area contributed by atoms with Crippen LogP contribution in [0.4, 0.5) is 0 Å². The van der Waals surface area contributed by atoms with E-state index in [-0.39, 0.29) is 24.4 Å². The van der Waals surface area contributed by atoms with Crippen molar-refractivity contribution < 1.29 is 4.79 Å². The SMILES string of the molecule is CN(C(=O)c1csc(C2CCNCC2)n1)[C@@H]1CCCc2ccccc21.Cl. The summed E-state index contributed by atoms with van der Waals surface area (Å²) in [7, 11) is 1.93. The van der Waals surface area contributed by atoms with Gasteiger partial charge in [-0.3, -0.25) is 4.79 Å². The zero-order chi connectivity index (χ0) is 17.2. The average Bonchev–Trinajstić information content (AvgIpc) is 3.17. The van der Waals surface area contributed by atoms with Crippen LogP contribution in [0.15, 0.2) is 29.6 Å². The van der Waals surface area contributed by atoms with Crippen LogP contribution >= 0.6 is 23.7 Å². The highest BCUT2D eigenvalue weighted by Gasteiger charge is 2.29. The molecule has 6 heteroatoms. The highest BCUT2D eigenvalue weighted by molar-refractivity contribution is 7.09. The number of amides is 1. The van der Waals surface area contributed by atoms with Crippen molar-refractivity contribution in [3.63, 3.8) is 0 Å². The molecule has 1 amide bonds. The molecule has 0 spiro atoms. The summed E-state index contributed by atoms with van der Waals surface area (Å²) < 4.78 is 0. The van der Waals surface area contributed by atoms with E-state index >= 15 is 0 Å². The standard InChI is InChI=1S/C20H25N3OS.ClH/c1-23(18-8-4-6-14-5-2-3-7-16(14)18)20(24)17-13-25-19(22-17)15-9-11-21-12-10-15;/h2-3,5,7,13,15,18,21H,4,6,8-12H2,1H3;1H/t18-;/m1./s1. The van der Waals surface area contributed by atoms with Crippen molar-refractivity contribution in [3.8, 4) is 0 Å². The van der Waals surface area contributed by atoms with Crippen LogP contribution in [-0.2, 0) is 6.42 Å². The Morgan fingerprint density at radius 1 is 1.23 bits per heavy atom. The number of aryl methyl sites for hydroxylation is 1. The van der Waals surface area contributed by atoms with Gasteiger partial charge in [0.2, 0.25) is 0 Å². The Labute approximate surface area is 165 Å². The number of piperidine rings is 1. The Kier molecular flexibility index (Phi) is 6.33. The van der Waals surface area contributed by atoms with Gasteiger partial charge >= 0.3 is 0 Å². The van der Waals surface area contributed by atoms with E-state index in [2.05, 4.69) is 29.6 Å². The Bertz CT molecular complexity index is 757. The number of thiazole rings is 1. The number of halogens is 1. The maximum Gasteiger partial charge on any atom is 0.273 e. The molecule has 1 aromatic carbocycles. The molecule has 1 fully saturated rings. The molecule has 4 rings (SSSR count). The molecule has 0 unspecified atom stereocenters. The molecule has 1 aliphatic carbocycles. The van der Waals surface area contributed by atoms with Crippen LogP contribution < -0.4 is 5.32 Å². The molecule has 0 bridgehead atoms. The number of carbonyl (C=O) groups excluding carboxylic acids is 1. The van der Waals surface area contributed by atoms with Crippen LogP contribution in [0.2, 0.25) is 0 Å². The van der Waals surface area contributed by atoms with Crippen LogP contribution in [0.5, 0.6) is 0 Å². The molecule has 0 radical (unpaired) electrons. The molecule has 140 valence electrons. The Morgan fingerprint density at radius 2 is 2.00 bits per heavy atom. The molecule has 1 aromatic heterocycles. The van der Waals surface area contributed by atoms with Gasteiger partial charge in [0, 0.05) is 18.3 Å². The van der Waals surface area contributed by atoms with E-state index in [4.69, 9.17) is 4.98 Å². The first-order valence-corrected chi connectivity index (χ1v) is 10.1. The van der Waals surface area contributed by atoms with E-state index in [9.17, 15) is 4.79 Å². The summed E-state index contributed by atoms with van der Waals surface area (Å²) in [6.07, 6.45) is 5.52. The van der Waals surface area contributed by atoms with Gasteiger partial charge in [-0.1, -0.05) is 24.3 Å². The number of rotatable bonds is 3. The van der Waals surface area contributed by atoms with E-state index in [0.29, 0.717) is 11.6 Å². The predicted molar refractivity (Wildman–Crippen MR) is 108 cm³/mol. The molecular formula is C20H26ClN3OS. The van der Waals surface area contributed by atoms with Gasteiger partial charge in [0.15, 0.2) is 0 Å². The summed E-state index contributed by atoms with van der Waals surface area (Å²) >= 11 is 1.65. The number of benzene rings is 1. The molecule has 2 heterocycles. The highest BCUT2D eigenvalue weighted by atomic mass is 35.5. The van der Waals surface area contributed by atoms with Crippen molar-refractivity contribution in [3.05, 3.63) is 51.5 Å². The minimum Gasteiger partial charge on any atom is -0.333 e. The molecule has 1 saturated heterocycles. The summed E-state index contributed by atoms with van der Waals surface area (Å²) in [5, 5.41) is 6.46. The summed E-state index contributed by atoms with van der Waals surface area (Å²) in [5.74, 6) is 0.562. The van der Waals surface area contributed by atoms with Crippen LogP contribution in [0.3, 0.4) is 0 Å². The van der Waals surface area contributed by atoms with Gasteiger partial charge in [-0.25, -0.2) is 4.98 Å². The van der Waals surface area contributed by atoms with Gasteiger partial charge in [0.05, 0.1) is 11.0 Å². The number of hydrogen-bond acceptors (Lipinski definition) is 4. The first-order valence-electron chi connectivity index (χ1n) is 9.25. The maximum absolute atomic E-state index is 13.0. The monoisotopic (exact) mass is 391 g/mol. The van der Waals surface area contributed by atoms with Gasteiger partial charge in [0.1, 0.15) is 5.69 Å². The van der Waals surface area contributed by atoms with Gasteiger partial charge in [-0.2, -0.15) is 0 Å². The molecule has 26 heavy (non-hydrogen) atoms. The lowest BCUT2D eigenvalue weighted by Crippen LogP contribution is -2.33. The van der Waals surface area contributed by atoms with Crippen molar-refractivity contribution >= 4 is 29.7 Å². The summed E-state index contributed by atoms with van der Waals surface area (Å²) in [5.41, 5.74) is 3.30. The molecule has 2 aromatic rings. The molecule has 4 nitrogen and oxygen atoms in total. The van der Waals surface area contributed by atoms with Gasteiger partial charge in [-0.15, -0.1) is 23.7 Å². The Hall–Kier alpha value is -1.43. The van der Waals surface area contributed by atoms with E-state index < -0.39 is 0 Å². The van der Waals surface area contributed by atoms with Crippen molar-refractivity contribution in [2.45, 2.75) is 44.1 Å². The number of hydrogen-bond donors (Lipinski definition) is 1. The highest BCUT2D eigenvalue weighted by Crippen LogP contribution is 2.35. The predicted octanol–water partition coefficient (Wildman–Crippen LogP) is 4.18. The second kappa shape index (κ2) is 8.51. The van der Waals surface area contributed by atoms with Crippen LogP contribution in [-0.4, -0.2) is 35.9 Å². The van der Waals surface area contributed by atoms with E-state index in [1.165, 1.54) is 11.1 Å². The second-order valence-electron chi connectivity index (χ2n) is 7.12. The van der Waals surface area contributed by atoms with Gasteiger partial charge in [0.25, 0.3) is 5.91 Å². The first-order chi connectivity index (χ1) is 12.2. The van der Waals surface area contributed by atoms with Gasteiger partial charge in [-0.05, 0) is 56.3 Å². The van der Waals surface area contributed by atoms with E-state index in [0.717, 1.165) is 50.2 Å². The fraction of sp³-hybridized carbons (Fsp3) is 0.500. The maximum atomic E-state index is 13.0. The number of nitrogens with zero attached hydrogens (tertiary/aromatic N) is 2. The largest absolute Gasteiger partial charge is 0.333 e. The third-order valence-corrected chi connectivity index (χ3v) is 6.56. The molecule has 1 aliphatic heterocycles. The molecular weight excluding hydrogens is 366 g/mol. The summed E-state index contributed by atoms with van der Waals surface area (Å²) in [6, 6.07) is 8.70. The number of nitrogens with one attached hydrogen (secondary N) is 1. The van der Waals surface area contributed by atoms with Crippen molar-refractivity contribution in [2.24, 2.45) is 0 Å². The third-order valence-electron chi connectivity index (χ3n) is 5.56. The zero-order valence-electron chi connectivity index (χ0n) is 15.1. The topological polar surface area (TPSA) is 45.2 Å². The fourth-order valence-electron chi connectivity index (χ4n) is 4.10. The van der Waals surface area contributed by atoms with Crippen molar-refractivity contribution in [1.82, 2.24) is 15.2 Å². The number of carbonyl (C=O) groups is 1. The summed E-state index contributed by atoms with van der Waals surface area (Å²) in [4.78, 5) is 19.6. The lowest BCUT2D eigenvalue weighted by Gasteiger charge is -2.33. The minimum absolute atomic E-state index is 0. The van der Waals surface area contributed by atoms with Gasteiger partial charge < -0.3 is 10.2 Å². The number of aromatic nitrogens is 1. The van der Waals surface area contributed by atoms with Crippen LogP contribution in [0.25, 0.3) is 0 Å². The quantitative estimate of drug-likeness (QED) is 0.853. The van der Waals surface area contributed by atoms with Crippen LogP contribution in [0.1, 0.15) is 64.3 Å². The smallest absolute Gasteiger partial charge is 0.273 e. The van der Waals surface area contributed by atoms with Crippen molar-refractivity contribution in [2.75, 3.05) is 20.1 Å². The second-order valence-corrected chi connectivity index (χ2v) is 8.01. The molecule has 1 atom stereocenters. The Balaban J connectivity index is 0.00000196. The lowest BCUT2D eigenvalue weighted by atomic mass is 9.87. The summed E-state index contributed by atoms with van der Waals surface area (Å²) in [6.45, 7) is 2.10. The molecule has 2 aliphatic rings. The lowest BCUT2D eigenvalue weighted by molar-refractivity contribution is 0.0709. The molecule has 0 saturated carbocycles. The normalized spacial score (nSPS) is 20.1. The Morgan fingerprint density at radius 3 is 2.81 bits per heavy atom. The van der Waals surface area contributed by atoms with Crippen molar-refractivity contribution in [1.29, 1.82) is 0 Å². The minimum atomic E-state index is 0. The molecule has 1 N–H and O–H groups in total. The zero-order valence-corrected chi connectivity index (χ0v) is 16.7. The van der Waals surface area contributed by atoms with E-state index in [1.807, 2.05) is 17.3 Å². The first kappa shape index (κ1) is 19.3. The average molecular weight is 392 g/mol. The van der Waals surface area contributed by atoms with E-state index in [1.54, 1.807) is 11.3 Å². The third kappa shape index (κ3) is 3.80. The van der Waals surface area contributed by atoms with Crippen LogP contribution in [0, 0.1) is 0 Å². The number of fused-ring (bicyclic) bond motifs is 1. The fourth-order valence-corrected chi connectivity index (χ4v) is 5.06.